The molecule has 7 heteroatoms. The van der Waals surface area contributed by atoms with E-state index in [2.05, 4.69) is 10.6 Å². The molecule has 0 bridgehead atoms. The van der Waals surface area contributed by atoms with Crippen molar-refractivity contribution in [2.45, 2.75) is 25.3 Å². The average Bonchev–Trinajstić information content (AvgIpc) is 2.72. The summed E-state index contributed by atoms with van der Waals surface area (Å²) in [6, 6.07) is 21.0. The van der Waals surface area contributed by atoms with Gasteiger partial charge in [-0.2, -0.15) is 0 Å². The number of hydrogen-bond donors (Lipinski definition) is 3. The zero-order chi connectivity index (χ0) is 22.5. The number of carbonyl (C=O) groups is 1. The second kappa shape index (κ2) is 10.3. The summed E-state index contributed by atoms with van der Waals surface area (Å²) in [5.41, 5.74) is 10.1. The first-order valence-corrected chi connectivity index (χ1v) is 11.5. The summed E-state index contributed by atoms with van der Waals surface area (Å²) in [5, 5.41) is 7.38. The zero-order valence-corrected chi connectivity index (χ0v) is 19.2. The van der Waals surface area contributed by atoms with E-state index in [1.165, 1.54) is 19.3 Å². The van der Waals surface area contributed by atoms with E-state index in [1.807, 2.05) is 48.5 Å². The van der Waals surface area contributed by atoms with Crippen LogP contribution in [0.1, 0.15) is 19.3 Å². The number of hydrogen-bond acceptors (Lipinski definition) is 3. The normalized spacial score (nSPS) is 13.4. The highest BCUT2D eigenvalue weighted by Gasteiger charge is 2.20. The van der Waals surface area contributed by atoms with Gasteiger partial charge in [-0.15, -0.1) is 0 Å². The first kappa shape index (κ1) is 22.5. The molecule has 0 radical (unpaired) electrons. The van der Waals surface area contributed by atoms with Crippen LogP contribution in [-0.2, 0) is 0 Å². The fourth-order valence-electron chi connectivity index (χ4n) is 3.71. The summed E-state index contributed by atoms with van der Waals surface area (Å²) < 4.78 is 0. The molecule has 5 nitrogen and oxygen atoms in total. The maximum absolute atomic E-state index is 13.2. The van der Waals surface area contributed by atoms with Gasteiger partial charge in [-0.05, 0) is 66.4 Å². The van der Waals surface area contributed by atoms with Crippen LogP contribution in [0.15, 0.2) is 66.7 Å². The molecule has 0 heterocycles. The van der Waals surface area contributed by atoms with Gasteiger partial charge in [0, 0.05) is 46.2 Å². The highest BCUT2D eigenvalue weighted by atomic mass is 35.5. The van der Waals surface area contributed by atoms with Gasteiger partial charge in [-0.3, -0.25) is 4.90 Å². The number of rotatable bonds is 7. The van der Waals surface area contributed by atoms with E-state index in [0.29, 0.717) is 34.9 Å². The van der Waals surface area contributed by atoms with Crippen LogP contribution in [-0.4, -0.2) is 25.2 Å². The van der Waals surface area contributed by atoms with Crippen molar-refractivity contribution in [3.63, 3.8) is 0 Å². The van der Waals surface area contributed by atoms with Crippen LogP contribution in [0.5, 0.6) is 0 Å². The van der Waals surface area contributed by atoms with Crippen LogP contribution in [0.3, 0.4) is 0 Å². The standard InChI is InChI=1S/C25H26Cl2N4O/c26-19-14-20(27)16-23(15-19)30-25(32)31(12-11-29-22-5-2-6-22)24-9-7-17(8-10-24)18-3-1-4-21(28)13-18/h1,3-4,7-10,13-16,22,29H,2,5-6,11-12,28H2,(H,30,32). The summed E-state index contributed by atoms with van der Waals surface area (Å²) in [6.45, 7) is 1.25. The van der Waals surface area contributed by atoms with E-state index in [9.17, 15) is 4.79 Å². The molecule has 1 aliphatic carbocycles. The van der Waals surface area contributed by atoms with E-state index in [1.54, 1.807) is 23.1 Å². The summed E-state index contributed by atoms with van der Waals surface area (Å²) >= 11 is 12.2. The van der Waals surface area contributed by atoms with Crippen LogP contribution in [0.2, 0.25) is 10.0 Å². The number of nitrogens with one attached hydrogen (secondary N) is 2. The molecule has 2 amide bonds. The molecule has 0 spiro atoms. The molecule has 0 unspecified atom stereocenters. The van der Waals surface area contributed by atoms with E-state index < -0.39 is 0 Å². The fourth-order valence-corrected chi connectivity index (χ4v) is 4.24. The molecule has 0 aromatic heterocycles. The second-order valence-electron chi connectivity index (χ2n) is 7.99. The first-order valence-electron chi connectivity index (χ1n) is 10.7. The van der Waals surface area contributed by atoms with E-state index in [0.717, 1.165) is 22.5 Å². The molecular weight excluding hydrogens is 443 g/mol. The van der Waals surface area contributed by atoms with Gasteiger partial charge in [0.1, 0.15) is 0 Å². The van der Waals surface area contributed by atoms with Crippen molar-refractivity contribution in [3.8, 4) is 11.1 Å². The molecule has 1 fully saturated rings. The largest absolute Gasteiger partial charge is 0.399 e. The average molecular weight is 469 g/mol. The topological polar surface area (TPSA) is 70.4 Å². The third-order valence-corrected chi connectivity index (χ3v) is 6.07. The Labute approximate surface area is 198 Å². The molecule has 4 N–H and O–H groups in total. The molecule has 4 rings (SSSR count). The predicted octanol–water partition coefficient (Wildman–Crippen LogP) is 6.42. The third kappa shape index (κ3) is 5.74. The number of nitrogen functional groups attached to an aromatic ring is 1. The Morgan fingerprint density at radius 1 is 0.969 bits per heavy atom. The van der Waals surface area contributed by atoms with Crippen molar-refractivity contribution < 1.29 is 4.79 Å². The van der Waals surface area contributed by atoms with Crippen LogP contribution in [0.4, 0.5) is 21.9 Å². The van der Waals surface area contributed by atoms with Crippen molar-refractivity contribution in [3.05, 3.63) is 76.8 Å². The monoisotopic (exact) mass is 468 g/mol. The maximum atomic E-state index is 13.2. The summed E-state index contributed by atoms with van der Waals surface area (Å²) in [6.07, 6.45) is 3.66. The lowest BCUT2D eigenvalue weighted by Crippen LogP contribution is -2.43. The van der Waals surface area contributed by atoms with Crippen molar-refractivity contribution in [2.24, 2.45) is 0 Å². The summed E-state index contributed by atoms with van der Waals surface area (Å²) in [4.78, 5) is 14.9. The van der Waals surface area contributed by atoms with Gasteiger partial charge in [0.2, 0.25) is 0 Å². The lowest BCUT2D eigenvalue weighted by molar-refractivity contribution is 0.256. The lowest BCUT2D eigenvalue weighted by atomic mass is 9.93. The predicted molar refractivity (Wildman–Crippen MR) is 135 cm³/mol. The second-order valence-corrected chi connectivity index (χ2v) is 8.87. The molecule has 1 aliphatic rings. The maximum Gasteiger partial charge on any atom is 0.326 e. The van der Waals surface area contributed by atoms with Gasteiger partial charge < -0.3 is 16.4 Å². The van der Waals surface area contributed by atoms with E-state index in [4.69, 9.17) is 28.9 Å². The van der Waals surface area contributed by atoms with Crippen LogP contribution < -0.4 is 21.3 Å². The molecule has 3 aromatic carbocycles. The third-order valence-electron chi connectivity index (χ3n) is 5.63. The minimum Gasteiger partial charge on any atom is -0.399 e. The number of nitrogens with zero attached hydrogens (tertiary/aromatic N) is 1. The fraction of sp³-hybridized carbons (Fsp3) is 0.240. The van der Waals surface area contributed by atoms with Crippen molar-refractivity contribution >= 4 is 46.3 Å². The number of amides is 2. The molecule has 0 aliphatic heterocycles. The Bertz CT molecular complexity index is 1060. The highest BCUT2D eigenvalue weighted by molar-refractivity contribution is 6.35. The lowest BCUT2D eigenvalue weighted by Gasteiger charge is -2.29. The molecule has 3 aromatic rings. The van der Waals surface area contributed by atoms with Gasteiger partial charge in [0.15, 0.2) is 0 Å². The van der Waals surface area contributed by atoms with Gasteiger partial charge >= 0.3 is 6.03 Å². The Morgan fingerprint density at radius 3 is 2.31 bits per heavy atom. The van der Waals surface area contributed by atoms with Gasteiger partial charge in [0.05, 0.1) is 0 Å². The van der Waals surface area contributed by atoms with Gasteiger partial charge in [0.25, 0.3) is 0 Å². The Hall–Kier alpha value is -2.73. The van der Waals surface area contributed by atoms with Crippen LogP contribution in [0, 0.1) is 0 Å². The van der Waals surface area contributed by atoms with Crippen LogP contribution in [0.25, 0.3) is 11.1 Å². The van der Waals surface area contributed by atoms with Crippen molar-refractivity contribution in [1.82, 2.24) is 5.32 Å². The van der Waals surface area contributed by atoms with Crippen LogP contribution >= 0.6 is 23.2 Å². The van der Waals surface area contributed by atoms with Gasteiger partial charge in [-0.1, -0.05) is 53.9 Å². The Morgan fingerprint density at radius 2 is 1.69 bits per heavy atom. The molecule has 0 saturated heterocycles. The number of halogens is 2. The number of urea groups is 1. The highest BCUT2D eigenvalue weighted by Crippen LogP contribution is 2.27. The van der Waals surface area contributed by atoms with E-state index >= 15 is 0 Å². The molecule has 166 valence electrons. The summed E-state index contributed by atoms with van der Waals surface area (Å²) in [5.74, 6) is 0. The quantitative estimate of drug-likeness (QED) is 0.350. The van der Waals surface area contributed by atoms with Crippen molar-refractivity contribution in [2.75, 3.05) is 29.0 Å². The molecule has 32 heavy (non-hydrogen) atoms. The van der Waals surface area contributed by atoms with Gasteiger partial charge in [-0.25, -0.2) is 4.79 Å². The smallest absolute Gasteiger partial charge is 0.326 e. The zero-order valence-electron chi connectivity index (χ0n) is 17.7. The number of anilines is 3. The van der Waals surface area contributed by atoms with E-state index in [-0.39, 0.29) is 6.03 Å². The first-order chi connectivity index (χ1) is 15.5. The summed E-state index contributed by atoms with van der Waals surface area (Å²) in [7, 11) is 0. The SMILES string of the molecule is Nc1cccc(-c2ccc(N(CCNC3CCC3)C(=O)Nc3cc(Cl)cc(Cl)c3)cc2)c1. The minimum atomic E-state index is -0.240. The minimum absolute atomic E-state index is 0.240. The number of carbonyl (C=O) groups excluding carboxylic acids is 1. The Balaban J connectivity index is 1.52. The molecule has 0 atom stereocenters. The number of benzene rings is 3. The molecule has 1 saturated carbocycles. The number of nitrogens with two attached hydrogens (primary N) is 1. The Kier molecular flexibility index (Phi) is 7.20. The molecular formula is C25H26Cl2N4O. The van der Waals surface area contributed by atoms with Crippen molar-refractivity contribution in [1.29, 1.82) is 0 Å².